The van der Waals surface area contributed by atoms with E-state index in [1.54, 1.807) is 41.5 Å². The molecule has 0 radical (unpaired) electrons. The topological polar surface area (TPSA) is 188 Å². The molecule has 1 aromatic heterocycles. The third-order valence-electron chi connectivity index (χ3n) is 5.22. The molecular weight excluding hydrogens is 530 g/mol. The van der Waals surface area contributed by atoms with Crippen molar-refractivity contribution in [2.45, 2.75) is 72.2 Å². The number of esters is 1. The van der Waals surface area contributed by atoms with Crippen molar-refractivity contribution in [3.8, 4) is 0 Å². The maximum atomic E-state index is 14.3. The van der Waals surface area contributed by atoms with Gasteiger partial charge in [-0.1, -0.05) is 20.8 Å². The molecule has 1 aromatic rings. The third kappa shape index (κ3) is 8.31. The molecule has 220 valence electrons. The first-order valence-corrected chi connectivity index (χ1v) is 11.9. The number of alkyl halides is 2. The van der Waals surface area contributed by atoms with Gasteiger partial charge in [0.25, 0.3) is 6.29 Å². The van der Waals surface area contributed by atoms with Crippen LogP contribution in [0.15, 0.2) is 17.1 Å². The summed E-state index contributed by atoms with van der Waals surface area (Å²) in [5, 5.41) is 23.1. The molecule has 1 aliphatic heterocycles. The number of aliphatic hydroxyl groups is 2. The molecule has 39 heavy (non-hydrogen) atoms. The van der Waals surface area contributed by atoms with E-state index in [2.05, 4.69) is 15.6 Å². The van der Waals surface area contributed by atoms with E-state index in [1.165, 1.54) is 0 Å². The van der Waals surface area contributed by atoms with Crippen LogP contribution in [0.1, 0.15) is 47.8 Å². The summed E-state index contributed by atoms with van der Waals surface area (Å²) in [6, 6.07) is 1.02. The zero-order valence-electron chi connectivity index (χ0n) is 22.4. The van der Waals surface area contributed by atoms with Gasteiger partial charge in [-0.05, 0) is 26.8 Å². The first kappa shape index (κ1) is 31.8. The van der Waals surface area contributed by atoms with Crippen LogP contribution in [0.3, 0.4) is 0 Å². The first-order valence-electron chi connectivity index (χ1n) is 11.9. The van der Waals surface area contributed by atoms with E-state index in [1.807, 2.05) is 0 Å². The van der Waals surface area contributed by atoms with Gasteiger partial charge in [-0.15, -0.1) is 0 Å². The van der Waals surface area contributed by atoms with Crippen LogP contribution >= 0.6 is 0 Å². The van der Waals surface area contributed by atoms with Gasteiger partial charge >= 0.3 is 29.8 Å². The number of anilines is 1. The monoisotopic (exact) mass is 564 g/mol. The Balaban J connectivity index is 1.85. The Morgan fingerprint density at radius 3 is 2.33 bits per heavy atom. The number of nitrogens with one attached hydrogen (secondary N) is 2. The minimum atomic E-state index is -3.89. The van der Waals surface area contributed by atoms with E-state index in [-0.39, 0.29) is 19.0 Å². The highest BCUT2D eigenvalue weighted by Crippen LogP contribution is 2.42. The van der Waals surface area contributed by atoms with Gasteiger partial charge in [-0.2, -0.15) is 13.8 Å². The van der Waals surface area contributed by atoms with Gasteiger partial charge in [-0.25, -0.2) is 14.4 Å². The quantitative estimate of drug-likeness (QED) is 0.203. The van der Waals surface area contributed by atoms with Crippen LogP contribution in [0.4, 0.5) is 24.2 Å². The summed E-state index contributed by atoms with van der Waals surface area (Å²) in [5.41, 5.74) is -2.77. The van der Waals surface area contributed by atoms with Gasteiger partial charge in [-0.3, -0.25) is 14.7 Å². The van der Waals surface area contributed by atoms with Crippen molar-refractivity contribution in [3.05, 3.63) is 22.7 Å². The lowest BCUT2D eigenvalue weighted by atomic mass is 9.94. The van der Waals surface area contributed by atoms with E-state index in [4.69, 9.17) is 24.1 Å². The highest BCUT2D eigenvalue weighted by molar-refractivity contribution is 5.83. The number of rotatable bonds is 8. The number of hydrogen-bond acceptors (Lipinski definition) is 11. The third-order valence-corrected chi connectivity index (χ3v) is 5.22. The maximum Gasteiger partial charge on any atom is 0.412 e. The van der Waals surface area contributed by atoms with Crippen molar-refractivity contribution < 1.29 is 52.3 Å². The smallest absolute Gasteiger partial charge is 0.412 e. The van der Waals surface area contributed by atoms with E-state index >= 15 is 0 Å². The number of nitrogens with zero attached hydrogens (tertiary/aromatic N) is 2. The van der Waals surface area contributed by atoms with Crippen molar-refractivity contribution in [2.24, 2.45) is 10.8 Å². The van der Waals surface area contributed by atoms with E-state index in [0.717, 1.165) is 12.3 Å². The van der Waals surface area contributed by atoms with Crippen LogP contribution in [0.25, 0.3) is 0 Å². The lowest BCUT2D eigenvalue weighted by molar-refractivity contribution is -0.194. The van der Waals surface area contributed by atoms with Crippen LogP contribution < -0.4 is 16.3 Å². The Hall–Kier alpha value is -3.37. The number of carbonyl (C=O) groups is 3. The predicted octanol–water partition coefficient (Wildman–Crippen LogP) is 1.37. The number of carbonyl (C=O) groups excluding carboxylic acids is 3. The van der Waals surface area contributed by atoms with Crippen molar-refractivity contribution in [1.82, 2.24) is 14.9 Å². The van der Waals surface area contributed by atoms with Crippen molar-refractivity contribution in [2.75, 3.05) is 25.1 Å². The van der Waals surface area contributed by atoms with Gasteiger partial charge in [0.2, 0.25) is 6.23 Å². The average molecular weight is 565 g/mol. The van der Waals surface area contributed by atoms with Crippen LogP contribution in [-0.2, 0) is 23.7 Å². The average Bonchev–Trinajstić information content (AvgIpc) is 3.03. The van der Waals surface area contributed by atoms with E-state index < -0.39 is 71.9 Å². The number of halogens is 2. The minimum absolute atomic E-state index is 0.187. The Bertz CT molecular complexity index is 1100. The highest BCUT2D eigenvalue weighted by atomic mass is 19.3. The molecule has 2 amide bonds. The Labute approximate surface area is 222 Å². The molecule has 0 aromatic carbocycles. The standard InChI is InChI=1S/C23H34F2N4O10/c1-21(2,3)16(32)38-17(22(4,5)6)39-19(34)26-8-10-36-20(35)28-13-7-9-29(18(33)27-13)15-23(24,25)14(31)12(11-30)37-15/h7,9,12,14-15,17,30-31H,8,10-11H2,1-6H3,(H,26,34)(H,27,28,33,35)/t12?,14-,15-,17?/m1/s1. The van der Waals surface area contributed by atoms with Crippen LogP contribution in [0.5, 0.6) is 0 Å². The molecule has 4 atom stereocenters. The van der Waals surface area contributed by atoms with E-state index in [0.29, 0.717) is 4.57 Å². The zero-order chi connectivity index (χ0) is 29.8. The second-order valence-corrected chi connectivity index (χ2v) is 10.8. The summed E-state index contributed by atoms with van der Waals surface area (Å²) in [4.78, 5) is 52.0. The summed E-state index contributed by atoms with van der Waals surface area (Å²) >= 11 is 0. The molecule has 0 aliphatic carbocycles. The van der Waals surface area contributed by atoms with Crippen molar-refractivity contribution >= 4 is 24.0 Å². The molecular formula is C23H34F2N4O10. The first-order chi connectivity index (χ1) is 17.9. The van der Waals surface area contributed by atoms with Gasteiger partial charge in [0, 0.05) is 11.6 Å². The number of hydrogen-bond donors (Lipinski definition) is 4. The number of aromatic nitrogens is 2. The Morgan fingerprint density at radius 1 is 1.18 bits per heavy atom. The summed E-state index contributed by atoms with van der Waals surface area (Å²) < 4.78 is 49.2. The van der Waals surface area contributed by atoms with Crippen LogP contribution in [-0.4, -0.2) is 82.1 Å². The van der Waals surface area contributed by atoms with Gasteiger partial charge < -0.3 is 34.5 Å². The molecule has 2 heterocycles. The second-order valence-electron chi connectivity index (χ2n) is 10.8. The zero-order valence-corrected chi connectivity index (χ0v) is 22.4. The molecule has 0 saturated carbocycles. The fourth-order valence-corrected chi connectivity index (χ4v) is 3.01. The SMILES string of the molecule is CC(C)(C)C(=O)OC(OC(=O)NCCOC(=O)Nc1ccn([C@@H]2OC(CO)[C@@H](O)C2(F)F)c(=O)n1)C(C)(C)C. The fourth-order valence-electron chi connectivity index (χ4n) is 3.01. The number of aliphatic hydroxyl groups excluding tert-OH is 2. The molecule has 4 N–H and O–H groups in total. The molecule has 1 fully saturated rings. The molecule has 14 nitrogen and oxygen atoms in total. The van der Waals surface area contributed by atoms with Crippen LogP contribution in [0.2, 0.25) is 0 Å². The van der Waals surface area contributed by atoms with E-state index in [9.17, 15) is 33.1 Å². The summed E-state index contributed by atoms with van der Waals surface area (Å²) in [7, 11) is 0. The molecule has 0 spiro atoms. The lowest BCUT2D eigenvalue weighted by Crippen LogP contribution is -2.42. The molecule has 1 aliphatic rings. The van der Waals surface area contributed by atoms with Gasteiger partial charge in [0.1, 0.15) is 18.5 Å². The summed E-state index contributed by atoms with van der Waals surface area (Å²) in [6.45, 7) is 8.68. The molecule has 0 bridgehead atoms. The molecule has 2 unspecified atom stereocenters. The molecule has 2 rings (SSSR count). The van der Waals surface area contributed by atoms with Crippen molar-refractivity contribution in [1.29, 1.82) is 0 Å². The number of alkyl carbamates (subject to hydrolysis) is 1. The fraction of sp³-hybridized carbons (Fsp3) is 0.696. The predicted molar refractivity (Wildman–Crippen MR) is 129 cm³/mol. The van der Waals surface area contributed by atoms with Gasteiger partial charge in [0.15, 0.2) is 6.10 Å². The summed E-state index contributed by atoms with van der Waals surface area (Å²) in [5.74, 6) is -4.78. The van der Waals surface area contributed by atoms with Crippen molar-refractivity contribution in [3.63, 3.8) is 0 Å². The number of ether oxygens (including phenoxy) is 4. The largest absolute Gasteiger partial charge is 0.447 e. The second kappa shape index (κ2) is 12.2. The lowest BCUT2D eigenvalue weighted by Gasteiger charge is -2.31. The molecule has 16 heteroatoms. The summed E-state index contributed by atoms with van der Waals surface area (Å²) in [6.07, 6.45) is -8.47. The maximum absolute atomic E-state index is 14.3. The highest BCUT2D eigenvalue weighted by Gasteiger charge is 2.59. The number of amides is 2. The normalized spacial score (nSPS) is 21.5. The Kier molecular flexibility index (Phi) is 9.97. The van der Waals surface area contributed by atoms with Gasteiger partial charge in [0.05, 0.1) is 18.6 Å². The van der Waals surface area contributed by atoms with Crippen LogP contribution in [0, 0.1) is 10.8 Å². The Morgan fingerprint density at radius 2 is 1.82 bits per heavy atom. The minimum Gasteiger partial charge on any atom is -0.447 e. The molecule has 1 saturated heterocycles.